The van der Waals surface area contributed by atoms with E-state index >= 15 is 0 Å². The first-order valence-electron chi connectivity index (χ1n) is 4.23. The number of nitrogens with one attached hydrogen (secondary N) is 1. The Bertz CT molecular complexity index is 260. The first-order valence-corrected chi connectivity index (χ1v) is 6.10. The van der Waals surface area contributed by atoms with E-state index in [4.69, 9.17) is 11.6 Å². The van der Waals surface area contributed by atoms with Gasteiger partial charge in [0.05, 0.1) is 0 Å². The van der Waals surface area contributed by atoms with E-state index in [9.17, 15) is 8.42 Å². The molecule has 0 radical (unpaired) electrons. The van der Waals surface area contributed by atoms with Crippen LogP contribution in [-0.4, -0.2) is 38.7 Å². The molecule has 1 rings (SSSR count). The first kappa shape index (κ1) is 11.2. The molecule has 78 valence electrons. The van der Waals surface area contributed by atoms with E-state index in [0.717, 1.165) is 12.8 Å². The first-order chi connectivity index (χ1) is 5.92. The topological polar surface area (TPSA) is 49.4 Å². The van der Waals surface area contributed by atoms with E-state index in [1.807, 2.05) is 0 Å². The lowest BCUT2D eigenvalue weighted by molar-refractivity contribution is 0.321. The zero-order chi connectivity index (χ0) is 10.1. The fourth-order valence-corrected chi connectivity index (χ4v) is 2.38. The minimum Gasteiger partial charge on any atom is -0.202 e. The van der Waals surface area contributed by atoms with Crippen LogP contribution in [0.1, 0.15) is 12.8 Å². The van der Waals surface area contributed by atoms with Crippen molar-refractivity contribution in [1.82, 2.24) is 9.03 Å². The molecular formula is C7H15ClN2O2S. The van der Waals surface area contributed by atoms with Crippen LogP contribution in [0.5, 0.6) is 0 Å². The Morgan fingerprint density at radius 2 is 2.00 bits per heavy atom. The molecule has 0 heterocycles. The summed E-state index contributed by atoms with van der Waals surface area (Å²) in [4.78, 5) is 0. The summed E-state index contributed by atoms with van der Waals surface area (Å²) >= 11 is 5.77. The Kier molecular flexibility index (Phi) is 3.57. The quantitative estimate of drug-likeness (QED) is 0.706. The van der Waals surface area contributed by atoms with Crippen molar-refractivity contribution in [2.75, 3.05) is 20.6 Å². The van der Waals surface area contributed by atoms with Gasteiger partial charge in [-0.05, 0) is 18.8 Å². The predicted octanol–water partition coefficient (Wildman–Crippen LogP) is 0.400. The molecule has 1 saturated carbocycles. The highest BCUT2D eigenvalue weighted by Crippen LogP contribution is 2.31. The minimum atomic E-state index is -3.25. The van der Waals surface area contributed by atoms with Crippen molar-refractivity contribution < 1.29 is 8.42 Å². The molecule has 0 unspecified atom stereocenters. The largest absolute Gasteiger partial charge is 0.278 e. The van der Waals surface area contributed by atoms with E-state index < -0.39 is 10.2 Å². The van der Waals surface area contributed by atoms with Gasteiger partial charge < -0.3 is 0 Å². The van der Waals surface area contributed by atoms with Crippen molar-refractivity contribution in [3.8, 4) is 0 Å². The Hall–Kier alpha value is 0.160. The highest BCUT2D eigenvalue weighted by molar-refractivity contribution is 7.87. The molecule has 13 heavy (non-hydrogen) atoms. The second kappa shape index (κ2) is 4.13. The Labute approximate surface area is 84.4 Å². The zero-order valence-electron chi connectivity index (χ0n) is 7.83. The molecule has 1 aliphatic carbocycles. The van der Waals surface area contributed by atoms with Crippen LogP contribution in [0.15, 0.2) is 0 Å². The van der Waals surface area contributed by atoms with Gasteiger partial charge in [0.1, 0.15) is 0 Å². The van der Waals surface area contributed by atoms with Crippen LogP contribution in [-0.2, 0) is 10.2 Å². The fourth-order valence-electron chi connectivity index (χ4n) is 1.17. The molecule has 0 aromatic carbocycles. The van der Waals surface area contributed by atoms with Gasteiger partial charge in [0.15, 0.2) is 0 Å². The summed E-state index contributed by atoms with van der Waals surface area (Å²) in [6, 6.07) is 0. The van der Waals surface area contributed by atoms with E-state index in [0.29, 0.717) is 12.5 Å². The summed E-state index contributed by atoms with van der Waals surface area (Å²) < 4.78 is 26.2. The maximum absolute atomic E-state index is 11.2. The van der Waals surface area contributed by atoms with Crippen molar-refractivity contribution in [3.05, 3.63) is 0 Å². The lowest BCUT2D eigenvalue weighted by Crippen LogP contribution is -2.41. The van der Waals surface area contributed by atoms with Crippen molar-refractivity contribution in [1.29, 1.82) is 0 Å². The molecule has 0 aliphatic heterocycles. The molecule has 0 spiro atoms. The highest BCUT2D eigenvalue weighted by atomic mass is 35.5. The van der Waals surface area contributed by atoms with E-state index in [1.165, 1.54) is 18.4 Å². The average Bonchev–Trinajstić information content (AvgIpc) is 1.95. The average molecular weight is 227 g/mol. The van der Waals surface area contributed by atoms with Crippen LogP contribution in [0.25, 0.3) is 0 Å². The second-order valence-corrected chi connectivity index (χ2v) is 6.16. The van der Waals surface area contributed by atoms with E-state index in [-0.39, 0.29) is 5.38 Å². The third-order valence-corrected chi connectivity index (χ3v) is 4.06. The van der Waals surface area contributed by atoms with Gasteiger partial charge in [0, 0.05) is 26.0 Å². The molecular weight excluding hydrogens is 212 g/mol. The van der Waals surface area contributed by atoms with Crippen LogP contribution in [0, 0.1) is 5.92 Å². The van der Waals surface area contributed by atoms with Gasteiger partial charge in [0.2, 0.25) is 0 Å². The Morgan fingerprint density at radius 3 is 2.38 bits per heavy atom. The zero-order valence-corrected chi connectivity index (χ0v) is 9.40. The summed E-state index contributed by atoms with van der Waals surface area (Å²) in [5.74, 6) is 0.414. The van der Waals surface area contributed by atoms with Gasteiger partial charge in [0.25, 0.3) is 10.2 Å². The molecule has 0 bridgehead atoms. The molecule has 0 amide bonds. The third-order valence-electron chi connectivity index (χ3n) is 2.21. The van der Waals surface area contributed by atoms with E-state index in [2.05, 4.69) is 4.72 Å². The van der Waals surface area contributed by atoms with Gasteiger partial charge >= 0.3 is 0 Å². The predicted molar refractivity (Wildman–Crippen MR) is 53.0 cm³/mol. The van der Waals surface area contributed by atoms with Crippen molar-refractivity contribution in [2.45, 2.75) is 18.2 Å². The molecule has 0 saturated heterocycles. The van der Waals surface area contributed by atoms with Crippen LogP contribution < -0.4 is 4.72 Å². The maximum Gasteiger partial charge on any atom is 0.278 e. The maximum atomic E-state index is 11.2. The normalized spacial score (nSPS) is 28.9. The number of nitrogens with zero attached hydrogens (tertiary/aromatic N) is 1. The standard InChI is InChI=1S/C7H15ClN2O2S/c1-10(2)13(11,12)9-5-6-3-7(8)4-6/h6-7,9H,3-5H2,1-2H3. The van der Waals surface area contributed by atoms with Gasteiger partial charge in [-0.1, -0.05) is 0 Å². The van der Waals surface area contributed by atoms with Crippen molar-refractivity contribution >= 4 is 21.8 Å². The van der Waals surface area contributed by atoms with Crippen LogP contribution >= 0.6 is 11.6 Å². The van der Waals surface area contributed by atoms with Crippen LogP contribution in [0.3, 0.4) is 0 Å². The summed E-state index contributed by atoms with van der Waals surface area (Å²) in [6.45, 7) is 0.504. The minimum absolute atomic E-state index is 0.244. The van der Waals surface area contributed by atoms with Gasteiger partial charge in [-0.2, -0.15) is 12.7 Å². The summed E-state index contributed by atoms with van der Waals surface area (Å²) in [5, 5.41) is 0.244. The summed E-state index contributed by atoms with van der Waals surface area (Å²) in [5.41, 5.74) is 0. The molecule has 4 nitrogen and oxygen atoms in total. The highest BCUT2D eigenvalue weighted by Gasteiger charge is 2.28. The lowest BCUT2D eigenvalue weighted by Gasteiger charge is -2.31. The van der Waals surface area contributed by atoms with Gasteiger partial charge in [-0.25, -0.2) is 4.72 Å². The number of hydrogen-bond acceptors (Lipinski definition) is 2. The fraction of sp³-hybridized carbons (Fsp3) is 1.00. The third kappa shape index (κ3) is 3.09. The molecule has 0 aromatic heterocycles. The van der Waals surface area contributed by atoms with Crippen LogP contribution in [0.2, 0.25) is 0 Å². The monoisotopic (exact) mass is 226 g/mol. The van der Waals surface area contributed by atoms with Crippen molar-refractivity contribution in [2.24, 2.45) is 5.92 Å². The molecule has 0 aromatic rings. The Morgan fingerprint density at radius 1 is 1.46 bits per heavy atom. The second-order valence-electron chi connectivity index (χ2n) is 3.57. The van der Waals surface area contributed by atoms with Gasteiger partial charge in [-0.15, -0.1) is 11.6 Å². The molecule has 0 atom stereocenters. The van der Waals surface area contributed by atoms with Crippen molar-refractivity contribution in [3.63, 3.8) is 0 Å². The summed E-state index contributed by atoms with van der Waals surface area (Å²) in [7, 11) is -0.232. The molecule has 6 heteroatoms. The number of hydrogen-bond donors (Lipinski definition) is 1. The molecule has 1 aliphatic rings. The smallest absolute Gasteiger partial charge is 0.202 e. The number of halogens is 1. The lowest BCUT2D eigenvalue weighted by atomic mass is 9.85. The van der Waals surface area contributed by atoms with Gasteiger partial charge in [-0.3, -0.25) is 0 Å². The molecule has 1 fully saturated rings. The number of rotatable bonds is 4. The number of alkyl halides is 1. The Balaban J connectivity index is 2.27. The SMILES string of the molecule is CN(C)S(=O)(=O)NCC1CC(Cl)C1. The van der Waals surface area contributed by atoms with Crippen LogP contribution in [0.4, 0.5) is 0 Å². The summed E-state index contributed by atoms with van der Waals surface area (Å²) in [6.07, 6.45) is 1.83. The molecule has 1 N–H and O–H groups in total. The van der Waals surface area contributed by atoms with E-state index in [1.54, 1.807) is 0 Å².